The van der Waals surface area contributed by atoms with Crippen molar-refractivity contribution in [1.82, 2.24) is 0 Å². The summed E-state index contributed by atoms with van der Waals surface area (Å²) in [6, 6.07) is 13.7. The molecule has 3 rings (SSSR count). The van der Waals surface area contributed by atoms with Crippen LogP contribution in [0.5, 0.6) is 11.5 Å². The Morgan fingerprint density at radius 3 is 2.15 bits per heavy atom. The molecule has 0 aliphatic carbocycles. The van der Waals surface area contributed by atoms with Crippen LogP contribution in [0.3, 0.4) is 0 Å². The number of hydrogen-bond acceptors (Lipinski definition) is 8. The third kappa shape index (κ3) is 4.95. The minimum absolute atomic E-state index is 0.0134. The summed E-state index contributed by atoms with van der Waals surface area (Å²) in [6.45, 7) is 0. The summed E-state index contributed by atoms with van der Waals surface area (Å²) in [7, 11) is 5.46. The van der Waals surface area contributed by atoms with Crippen LogP contribution in [0.25, 0.3) is 0 Å². The first-order valence-electron chi connectivity index (χ1n) is 9.86. The van der Waals surface area contributed by atoms with Crippen molar-refractivity contribution in [1.29, 1.82) is 0 Å². The van der Waals surface area contributed by atoms with Gasteiger partial charge in [-0.2, -0.15) is 0 Å². The van der Waals surface area contributed by atoms with Gasteiger partial charge in [0.05, 0.1) is 45.3 Å². The molecule has 2 aromatic carbocycles. The van der Waals surface area contributed by atoms with Gasteiger partial charge >= 0.3 is 11.9 Å². The topological polar surface area (TPSA) is 91.4 Å². The zero-order valence-electron chi connectivity index (χ0n) is 18.7. The van der Waals surface area contributed by atoms with Crippen molar-refractivity contribution in [3.05, 3.63) is 89.3 Å². The number of para-hydroxylation sites is 1. The lowest BCUT2D eigenvalue weighted by Crippen LogP contribution is -2.27. The molecular weight excluding hydrogens is 426 g/mol. The number of ether oxygens (including phenoxy) is 4. The second kappa shape index (κ2) is 10.3. The van der Waals surface area contributed by atoms with E-state index in [0.29, 0.717) is 22.7 Å². The van der Waals surface area contributed by atoms with Gasteiger partial charge in [-0.1, -0.05) is 12.1 Å². The summed E-state index contributed by atoms with van der Waals surface area (Å²) in [5, 5.41) is 0. The van der Waals surface area contributed by atoms with Crippen molar-refractivity contribution in [3.8, 4) is 11.5 Å². The molecule has 33 heavy (non-hydrogen) atoms. The van der Waals surface area contributed by atoms with Crippen LogP contribution < -0.4 is 14.4 Å². The van der Waals surface area contributed by atoms with E-state index in [-0.39, 0.29) is 22.6 Å². The van der Waals surface area contributed by atoms with Crippen molar-refractivity contribution in [2.24, 2.45) is 0 Å². The summed E-state index contributed by atoms with van der Waals surface area (Å²) in [5.74, 6) is -0.756. The van der Waals surface area contributed by atoms with Gasteiger partial charge in [-0.3, -0.25) is 4.79 Å². The Morgan fingerprint density at radius 2 is 1.55 bits per heavy atom. The van der Waals surface area contributed by atoms with E-state index in [0.717, 1.165) is 6.08 Å². The molecule has 0 atom stereocenters. The largest absolute Gasteiger partial charge is 0.497 e. The molecule has 0 saturated carbocycles. The second-order valence-electron chi connectivity index (χ2n) is 6.78. The molecule has 2 aromatic rings. The van der Waals surface area contributed by atoms with E-state index in [1.807, 2.05) is 0 Å². The third-order valence-electron chi connectivity index (χ3n) is 4.93. The van der Waals surface area contributed by atoms with E-state index in [9.17, 15) is 14.4 Å². The average Bonchev–Trinajstić information content (AvgIpc) is 2.87. The maximum absolute atomic E-state index is 13.4. The molecule has 0 aromatic heterocycles. The predicted molar refractivity (Wildman–Crippen MR) is 121 cm³/mol. The highest BCUT2D eigenvalue weighted by Gasteiger charge is 2.29. The zero-order chi connectivity index (χ0) is 24.0. The third-order valence-corrected chi connectivity index (χ3v) is 4.93. The highest BCUT2D eigenvalue weighted by atomic mass is 16.5. The van der Waals surface area contributed by atoms with E-state index in [4.69, 9.17) is 18.9 Å². The van der Waals surface area contributed by atoms with Crippen LogP contribution in [0, 0.1) is 0 Å². The summed E-state index contributed by atoms with van der Waals surface area (Å²) < 4.78 is 20.2. The SMILES string of the molecule is COC(=O)/C=C1\C(C(=O)OC)=CC(C(=O)c2ccccc2OC)=CN1c1ccc(OC)cc1. The number of Topliss-reactive ketones (excluding diaryl/α,β-unsaturated/α-hetero) is 1. The number of hydrogen-bond donors (Lipinski definition) is 0. The van der Waals surface area contributed by atoms with E-state index in [1.165, 1.54) is 33.6 Å². The summed E-state index contributed by atoms with van der Waals surface area (Å²) in [4.78, 5) is 39.7. The number of esters is 2. The van der Waals surface area contributed by atoms with Crippen LogP contribution in [-0.4, -0.2) is 46.2 Å². The van der Waals surface area contributed by atoms with Crippen LogP contribution in [0.2, 0.25) is 0 Å². The molecule has 0 unspecified atom stereocenters. The molecule has 0 spiro atoms. The molecule has 0 bridgehead atoms. The Labute approximate surface area is 191 Å². The number of nitrogens with zero attached hydrogens (tertiary/aromatic N) is 1. The smallest absolute Gasteiger partial charge is 0.340 e. The lowest BCUT2D eigenvalue weighted by atomic mass is 9.96. The van der Waals surface area contributed by atoms with Gasteiger partial charge in [0.2, 0.25) is 0 Å². The lowest BCUT2D eigenvalue weighted by Gasteiger charge is -2.29. The van der Waals surface area contributed by atoms with Gasteiger partial charge in [0.15, 0.2) is 5.78 Å². The van der Waals surface area contributed by atoms with Crippen molar-refractivity contribution in [2.45, 2.75) is 0 Å². The number of methoxy groups -OCH3 is 4. The van der Waals surface area contributed by atoms with Gasteiger partial charge in [-0.15, -0.1) is 0 Å². The fraction of sp³-hybridized carbons (Fsp3) is 0.160. The molecule has 8 heteroatoms. The van der Waals surface area contributed by atoms with Crippen molar-refractivity contribution >= 4 is 23.4 Å². The average molecular weight is 449 g/mol. The number of ketones is 1. The minimum atomic E-state index is -0.720. The molecule has 8 nitrogen and oxygen atoms in total. The van der Waals surface area contributed by atoms with Crippen LogP contribution in [0.1, 0.15) is 10.4 Å². The van der Waals surface area contributed by atoms with Crippen LogP contribution in [0.4, 0.5) is 5.69 Å². The maximum atomic E-state index is 13.4. The second-order valence-corrected chi connectivity index (χ2v) is 6.78. The van der Waals surface area contributed by atoms with Gasteiger partial charge in [-0.25, -0.2) is 9.59 Å². The summed E-state index contributed by atoms with van der Waals surface area (Å²) in [6.07, 6.45) is 4.08. The van der Waals surface area contributed by atoms with Gasteiger partial charge in [-0.05, 0) is 42.5 Å². The Balaban J connectivity index is 2.20. The molecule has 1 aliphatic rings. The lowest BCUT2D eigenvalue weighted by molar-refractivity contribution is -0.135. The quantitative estimate of drug-likeness (QED) is 0.361. The van der Waals surface area contributed by atoms with Crippen LogP contribution >= 0.6 is 0 Å². The van der Waals surface area contributed by atoms with Crippen molar-refractivity contribution < 1.29 is 33.3 Å². The highest BCUT2D eigenvalue weighted by Crippen LogP contribution is 2.33. The zero-order valence-corrected chi connectivity index (χ0v) is 18.7. The Kier molecular flexibility index (Phi) is 7.30. The van der Waals surface area contributed by atoms with Crippen molar-refractivity contribution in [2.75, 3.05) is 33.3 Å². The number of allylic oxidation sites excluding steroid dienone is 2. The molecule has 170 valence electrons. The Morgan fingerprint density at radius 1 is 0.848 bits per heavy atom. The molecule has 0 N–H and O–H groups in total. The summed E-state index contributed by atoms with van der Waals surface area (Å²) in [5.41, 5.74) is 1.29. The van der Waals surface area contributed by atoms with Gasteiger partial charge in [0, 0.05) is 23.5 Å². The Bertz CT molecular complexity index is 1160. The highest BCUT2D eigenvalue weighted by molar-refractivity contribution is 6.14. The monoisotopic (exact) mass is 449 g/mol. The standard InChI is InChI=1S/C25H23NO7/c1-30-18-11-9-17(10-12-18)26-15-16(24(28)19-7-5-6-8-22(19)31-2)13-20(25(29)33-4)21(26)14-23(27)32-3/h5-15H,1-4H3/b21-14+. The molecule has 0 fully saturated rings. The first-order chi connectivity index (χ1) is 15.9. The van der Waals surface area contributed by atoms with Crippen molar-refractivity contribution in [3.63, 3.8) is 0 Å². The Hall–Kier alpha value is -4.33. The fourth-order valence-electron chi connectivity index (χ4n) is 3.26. The molecule has 0 radical (unpaired) electrons. The molecule has 0 saturated heterocycles. The number of carbonyl (C=O) groups is 3. The van der Waals surface area contributed by atoms with Gasteiger partial charge in [0.25, 0.3) is 0 Å². The van der Waals surface area contributed by atoms with E-state index in [2.05, 4.69) is 0 Å². The first kappa shape index (κ1) is 23.3. The number of benzene rings is 2. The van der Waals surface area contributed by atoms with Gasteiger partial charge < -0.3 is 23.8 Å². The van der Waals surface area contributed by atoms with E-state index >= 15 is 0 Å². The normalized spacial score (nSPS) is 14.2. The minimum Gasteiger partial charge on any atom is -0.497 e. The van der Waals surface area contributed by atoms with E-state index in [1.54, 1.807) is 60.5 Å². The molecule has 0 amide bonds. The van der Waals surface area contributed by atoms with E-state index < -0.39 is 11.9 Å². The number of anilines is 1. The summed E-state index contributed by atoms with van der Waals surface area (Å²) >= 11 is 0. The fourth-order valence-corrected chi connectivity index (χ4v) is 3.26. The molecular formula is C25H23NO7. The van der Waals surface area contributed by atoms with Crippen LogP contribution in [-0.2, 0) is 19.1 Å². The number of rotatable bonds is 7. The number of carbonyl (C=O) groups excluding carboxylic acids is 3. The van der Waals surface area contributed by atoms with Crippen LogP contribution in [0.15, 0.2) is 83.7 Å². The van der Waals surface area contributed by atoms with Gasteiger partial charge in [0.1, 0.15) is 11.5 Å². The maximum Gasteiger partial charge on any atom is 0.340 e. The first-order valence-corrected chi connectivity index (χ1v) is 9.86. The predicted octanol–water partition coefficient (Wildman–Crippen LogP) is 3.45. The molecule has 1 heterocycles. The molecule has 1 aliphatic heterocycles.